The van der Waals surface area contributed by atoms with E-state index in [1.54, 1.807) is 14.1 Å². The fraction of sp³-hybridized carbons (Fsp3) is 0.571. The van der Waals surface area contributed by atoms with Crippen molar-refractivity contribution in [1.29, 1.82) is 0 Å². The molecule has 0 aliphatic carbocycles. The second kappa shape index (κ2) is 7.57. The molecule has 0 fully saturated rings. The highest BCUT2D eigenvalue weighted by atomic mass is 32.2. The third kappa shape index (κ3) is 10.6. The molecule has 0 saturated carbocycles. The smallest absolute Gasteiger partial charge is 0.325 e. The molecule has 0 bridgehead atoms. The summed E-state index contributed by atoms with van der Waals surface area (Å²) in [5.74, 6) is -3.50. The lowest BCUT2D eigenvalue weighted by atomic mass is 10.3. The first-order chi connectivity index (χ1) is 7.52. The summed E-state index contributed by atoms with van der Waals surface area (Å²) >= 11 is 0. The van der Waals surface area contributed by atoms with Crippen molar-refractivity contribution in [3.8, 4) is 0 Å². The first-order valence-corrected chi connectivity index (χ1v) is 5.55. The number of carbonyl (C=O) groups is 3. The summed E-state index contributed by atoms with van der Waals surface area (Å²) in [6.07, 6.45) is -0.409. The van der Waals surface area contributed by atoms with Gasteiger partial charge >= 0.3 is 11.9 Å². The highest BCUT2D eigenvalue weighted by Gasteiger charge is 2.33. The number of rotatable bonds is 5. The van der Waals surface area contributed by atoms with E-state index in [-0.39, 0.29) is 0 Å². The molecular weight excluding hydrogens is 258 g/mol. The first-order valence-electron chi connectivity index (χ1n) is 4.05. The molecule has 0 heterocycles. The van der Waals surface area contributed by atoms with Crippen molar-refractivity contribution in [3.63, 3.8) is 0 Å². The molecule has 1 atom stereocenters. The van der Waals surface area contributed by atoms with E-state index >= 15 is 0 Å². The Labute approximate surface area is 97.4 Å². The van der Waals surface area contributed by atoms with Crippen molar-refractivity contribution >= 4 is 28.5 Å². The Balaban J connectivity index is 0. The van der Waals surface area contributed by atoms with Crippen LogP contribution in [0.15, 0.2) is 0 Å². The van der Waals surface area contributed by atoms with Crippen LogP contribution in [0, 0.1) is 0 Å². The highest BCUT2D eigenvalue weighted by molar-refractivity contribution is 7.87. The van der Waals surface area contributed by atoms with Crippen LogP contribution in [0.4, 0.5) is 0 Å². The number of amides is 1. The van der Waals surface area contributed by atoms with Crippen molar-refractivity contribution < 1.29 is 37.6 Å². The van der Waals surface area contributed by atoms with Gasteiger partial charge in [0.05, 0.1) is 6.42 Å². The molecule has 0 spiro atoms. The van der Waals surface area contributed by atoms with Crippen LogP contribution in [-0.4, -0.2) is 65.8 Å². The Morgan fingerprint density at radius 3 is 1.71 bits per heavy atom. The van der Waals surface area contributed by atoms with Crippen molar-refractivity contribution in [2.45, 2.75) is 11.7 Å². The van der Waals surface area contributed by atoms with E-state index in [1.165, 1.54) is 4.90 Å². The van der Waals surface area contributed by atoms with Crippen LogP contribution >= 0.6 is 0 Å². The first kappa shape index (κ1) is 17.7. The highest BCUT2D eigenvalue weighted by Crippen LogP contribution is 2.04. The third-order valence-corrected chi connectivity index (χ3v) is 2.29. The number of hydrogen-bond donors (Lipinski definition) is 3. The fourth-order valence-corrected chi connectivity index (χ4v) is 1.09. The van der Waals surface area contributed by atoms with Crippen molar-refractivity contribution in [1.82, 2.24) is 4.90 Å². The van der Waals surface area contributed by atoms with E-state index in [2.05, 4.69) is 0 Å². The summed E-state index contributed by atoms with van der Waals surface area (Å²) in [7, 11) is -1.46. The fourth-order valence-electron chi connectivity index (χ4n) is 0.479. The number of carboxylic acid groups (broad SMARTS) is 2. The maximum absolute atomic E-state index is 10.2. The minimum atomic E-state index is -4.84. The van der Waals surface area contributed by atoms with Gasteiger partial charge in [-0.1, -0.05) is 0 Å². The zero-order valence-electron chi connectivity index (χ0n) is 9.10. The lowest BCUT2D eigenvalue weighted by Gasteiger charge is -2.04. The summed E-state index contributed by atoms with van der Waals surface area (Å²) in [6.45, 7) is 0. The molecule has 1 amide bonds. The molecule has 9 nitrogen and oxygen atoms in total. The van der Waals surface area contributed by atoms with Gasteiger partial charge in [-0.2, -0.15) is 8.42 Å². The molecule has 100 valence electrons. The molecule has 17 heavy (non-hydrogen) atoms. The monoisotopic (exact) mass is 271 g/mol. The molecule has 1 unspecified atom stereocenters. The van der Waals surface area contributed by atoms with Crippen LogP contribution in [-0.2, 0) is 24.5 Å². The van der Waals surface area contributed by atoms with E-state index in [9.17, 15) is 22.8 Å². The summed E-state index contributed by atoms with van der Waals surface area (Å²) in [4.78, 5) is 30.9. The maximum atomic E-state index is 10.2. The van der Waals surface area contributed by atoms with Gasteiger partial charge in [0, 0.05) is 14.1 Å². The molecular formula is C7H13NO8S. The molecule has 0 saturated heterocycles. The minimum absolute atomic E-state index is 0.750. The number of nitrogens with zero attached hydrogens (tertiary/aromatic N) is 1. The number of aliphatic carboxylic acids is 2. The van der Waals surface area contributed by atoms with Gasteiger partial charge in [0.2, 0.25) is 6.41 Å². The number of hydrogen-bond acceptors (Lipinski definition) is 5. The van der Waals surface area contributed by atoms with Gasteiger partial charge < -0.3 is 15.1 Å². The predicted molar refractivity (Wildman–Crippen MR) is 55.0 cm³/mol. The zero-order chi connectivity index (χ0) is 14.2. The lowest BCUT2D eigenvalue weighted by molar-refractivity contribution is -0.143. The van der Waals surface area contributed by atoms with Crippen molar-refractivity contribution in [2.24, 2.45) is 0 Å². The van der Waals surface area contributed by atoms with E-state index in [1.807, 2.05) is 0 Å². The van der Waals surface area contributed by atoms with Gasteiger partial charge in [-0.15, -0.1) is 0 Å². The normalized spacial score (nSPS) is 11.7. The van der Waals surface area contributed by atoms with Crippen LogP contribution in [0.3, 0.4) is 0 Å². The van der Waals surface area contributed by atoms with E-state index in [4.69, 9.17) is 14.8 Å². The van der Waals surface area contributed by atoms with Gasteiger partial charge in [-0.05, 0) is 0 Å². The average Bonchev–Trinajstić information content (AvgIpc) is 2.12. The second-order valence-corrected chi connectivity index (χ2v) is 4.61. The average molecular weight is 271 g/mol. The van der Waals surface area contributed by atoms with Crippen LogP contribution in [0.2, 0.25) is 0 Å². The summed E-state index contributed by atoms with van der Waals surface area (Å²) in [6, 6.07) is 0. The Kier molecular flexibility index (Phi) is 7.88. The molecule has 0 rings (SSSR count). The zero-order valence-corrected chi connectivity index (χ0v) is 9.92. The van der Waals surface area contributed by atoms with Crippen LogP contribution < -0.4 is 0 Å². The van der Waals surface area contributed by atoms with Gasteiger partial charge in [0.25, 0.3) is 10.1 Å². The number of carboxylic acids is 2. The summed E-state index contributed by atoms with van der Waals surface area (Å²) in [5.41, 5.74) is 0. The Hall–Kier alpha value is -1.68. The van der Waals surface area contributed by atoms with Crippen LogP contribution in [0.5, 0.6) is 0 Å². The van der Waals surface area contributed by atoms with E-state index in [0.29, 0.717) is 0 Å². The number of carbonyl (C=O) groups excluding carboxylic acids is 1. The van der Waals surface area contributed by atoms with Gasteiger partial charge in [-0.25, -0.2) is 0 Å². The maximum Gasteiger partial charge on any atom is 0.325 e. The standard InChI is InChI=1S/C4H6O7S.C3H7NO/c5-3(6)1-2(4(7)8)12(9,10)11;1-4(2)3-5/h2H,1H2,(H,5,6)(H,7,8)(H,9,10,11);3H,1-2H3. The lowest BCUT2D eigenvalue weighted by Crippen LogP contribution is -2.31. The van der Waals surface area contributed by atoms with Crippen LogP contribution in [0.25, 0.3) is 0 Å². The molecule has 10 heteroatoms. The summed E-state index contributed by atoms with van der Waals surface area (Å²) in [5, 5.41) is 13.9. The van der Waals surface area contributed by atoms with E-state index in [0.717, 1.165) is 6.41 Å². The Morgan fingerprint density at radius 1 is 1.29 bits per heavy atom. The van der Waals surface area contributed by atoms with Crippen LogP contribution in [0.1, 0.15) is 6.42 Å². The molecule has 0 aromatic carbocycles. The van der Waals surface area contributed by atoms with Crippen molar-refractivity contribution in [3.05, 3.63) is 0 Å². The predicted octanol–water partition coefficient (Wildman–Crippen LogP) is -1.49. The van der Waals surface area contributed by atoms with Gasteiger partial charge in [0.1, 0.15) is 0 Å². The molecule has 0 aromatic heterocycles. The quantitative estimate of drug-likeness (QED) is 0.404. The third-order valence-electron chi connectivity index (χ3n) is 1.21. The van der Waals surface area contributed by atoms with Crippen molar-refractivity contribution in [2.75, 3.05) is 14.1 Å². The van der Waals surface area contributed by atoms with Gasteiger partial charge in [0.15, 0.2) is 5.25 Å². The topological polar surface area (TPSA) is 149 Å². The Morgan fingerprint density at radius 2 is 1.65 bits per heavy atom. The molecule has 0 aliphatic rings. The Bertz CT molecular complexity index is 373. The van der Waals surface area contributed by atoms with E-state index < -0.39 is 33.7 Å². The summed E-state index contributed by atoms with van der Waals surface area (Å²) < 4.78 is 28.7. The largest absolute Gasteiger partial charge is 0.481 e. The molecule has 0 radical (unpaired) electrons. The molecule has 0 aliphatic heterocycles. The molecule has 0 aromatic rings. The second-order valence-electron chi connectivity index (χ2n) is 3.01. The molecule has 3 N–H and O–H groups in total. The SMILES string of the molecule is CN(C)C=O.O=C(O)CC(C(=O)O)S(=O)(=O)O. The van der Waals surface area contributed by atoms with Gasteiger partial charge in [-0.3, -0.25) is 18.9 Å². The minimum Gasteiger partial charge on any atom is -0.481 e.